The summed E-state index contributed by atoms with van der Waals surface area (Å²) in [5, 5.41) is 14.7. The average molecular weight is 396 g/mol. The van der Waals surface area contributed by atoms with Gasteiger partial charge in [-0.05, 0) is 35.9 Å². The molecule has 5 nitrogen and oxygen atoms in total. The van der Waals surface area contributed by atoms with Gasteiger partial charge in [-0.3, -0.25) is 9.25 Å². The molecule has 0 bridgehead atoms. The predicted octanol–water partition coefficient (Wildman–Crippen LogP) is 4.50. The van der Waals surface area contributed by atoms with Crippen LogP contribution in [0.5, 0.6) is 0 Å². The molecule has 27 heavy (non-hydrogen) atoms. The van der Waals surface area contributed by atoms with E-state index in [1.54, 1.807) is 18.0 Å². The fourth-order valence-electron chi connectivity index (χ4n) is 2.80. The lowest BCUT2D eigenvalue weighted by Crippen LogP contribution is -2.05. The number of halogens is 1. The molecule has 0 aliphatic carbocycles. The molecule has 4 rings (SSSR count). The van der Waals surface area contributed by atoms with E-state index in [1.807, 2.05) is 59.4 Å². The van der Waals surface area contributed by atoms with E-state index < -0.39 is 0 Å². The Kier molecular flexibility index (Phi) is 5.55. The molecule has 0 radical (unpaired) electrons. The first-order chi connectivity index (χ1) is 13.3. The lowest BCUT2D eigenvalue weighted by atomic mass is 10.1. The smallest absolute Gasteiger partial charge is 0.195 e. The number of nitrogens with zero attached hydrogens (tertiary/aromatic N) is 5. The minimum atomic E-state index is 0.712. The van der Waals surface area contributed by atoms with Crippen LogP contribution in [0, 0.1) is 0 Å². The molecule has 0 saturated carbocycles. The normalized spacial score (nSPS) is 11.0. The highest BCUT2D eigenvalue weighted by Crippen LogP contribution is 2.24. The highest BCUT2D eigenvalue weighted by atomic mass is 35.5. The Morgan fingerprint density at radius 1 is 0.926 bits per heavy atom. The quantitative estimate of drug-likeness (QED) is 0.432. The number of aryl methyl sites for hydroxylation is 1. The maximum Gasteiger partial charge on any atom is 0.195 e. The summed E-state index contributed by atoms with van der Waals surface area (Å²) >= 11 is 7.74. The number of benzene rings is 2. The maximum atomic E-state index is 6.07. The summed E-state index contributed by atoms with van der Waals surface area (Å²) in [6.45, 7) is 0.819. The van der Waals surface area contributed by atoms with Gasteiger partial charge in [-0.15, -0.1) is 10.2 Å². The van der Waals surface area contributed by atoms with Gasteiger partial charge in [0.2, 0.25) is 0 Å². The zero-order valence-corrected chi connectivity index (χ0v) is 16.1. The summed E-state index contributed by atoms with van der Waals surface area (Å²) in [6.07, 6.45) is 4.47. The Morgan fingerprint density at radius 3 is 2.48 bits per heavy atom. The summed E-state index contributed by atoms with van der Waals surface area (Å²) in [5.41, 5.74) is 2.21. The monoisotopic (exact) mass is 395 g/mol. The highest BCUT2D eigenvalue weighted by Gasteiger charge is 2.15. The van der Waals surface area contributed by atoms with Gasteiger partial charge >= 0.3 is 0 Å². The van der Waals surface area contributed by atoms with Gasteiger partial charge in [0.1, 0.15) is 5.82 Å². The third kappa shape index (κ3) is 4.40. The topological polar surface area (TPSA) is 48.5 Å². The Morgan fingerprint density at radius 2 is 1.74 bits per heavy atom. The predicted molar refractivity (Wildman–Crippen MR) is 109 cm³/mol. The molecule has 0 amide bonds. The highest BCUT2D eigenvalue weighted by molar-refractivity contribution is 7.99. The van der Waals surface area contributed by atoms with Crippen LogP contribution in [0.1, 0.15) is 11.4 Å². The third-order valence-corrected chi connectivity index (χ3v) is 5.26. The molecule has 0 spiro atoms. The first-order valence-electron chi connectivity index (χ1n) is 8.64. The van der Waals surface area contributed by atoms with Crippen molar-refractivity contribution in [2.24, 2.45) is 0 Å². The fourth-order valence-corrected chi connectivity index (χ4v) is 3.82. The molecular weight excluding hydrogens is 378 g/mol. The van der Waals surface area contributed by atoms with Crippen molar-refractivity contribution in [2.75, 3.05) is 5.75 Å². The van der Waals surface area contributed by atoms with E-state index in [4.69, 9.17) is 11.6 Å². The Bertz CT molecular complexity index is 981. The minimum absolute atomic E-state index is 0.712. The SMILES string of the molecule is Clc1ccc(-n2c(Cc3ccccc3)nnc2SCCn2cccn2)cc1. The van der Waals surface area contributed by atoms with Crippen LogP contribution < -0.4 is 0 Å². The molecular formula is C20H18ClN5S. The molecule has 7 heteroatoms. The molecule has 4 aromatic rings. The van der Waals surface area contributed by atoms with Crippen LogP contribution >= 0.6 is 23.4 Å². The van der Waals surface area contributed by atoms with Gasteiger partial charge in [0.05, 0.1) is 6.54 Å². The lowest BCUT2D eigenvalue weighted by Gasteiger charge is -2.10. The van der Waals surface area contributed by atoms with Crippen LogP contribution in [0.25, 0.3) is 5.69 Å². The fraction of sp³-hybridized carbons (Fsp3) is 0.150. The van der Waals surface area contributed by atoms with Gasteiger partial charge in [0.25, 0.3) is 0 Å². The molecule has 2 aromatic carbocycles. The lowest BCUT2D eigenvalue weighted by molar-refractivity contribution is 0.665. The van der Waals surface area contributed by atoms with Crippen molar-refractivity contribution in [1.82, 2.24) is 24.5 Å². The second-order valence-corrected chi connectivity index (χ2v) is 7.49. The van der Waals surface area contributed by atoms with E-state index in [0.717, 1.165) is 35.4 Å². The summed E-state index contributed by atoms with van der Waals surface area (Å²) in [4.78, 5) is 0. The van der Waals surface area contributed by atoms with Crippen molar-refractivity contribution in [3.05, 3.63) is 89.5 Å². The summed E-state index contributed by atoms with van der Waals surface area (Å²) in [7, 11) is 0. The van der Waals surface area contributed by atoms with Crippen LogP contribution in [0.2, 0.25) is 5.02 Å². The Balaban J connectivity index is 1.60. The van der Waals surface area contributed by atoms with E-state index in [0.29, 0.717) is 5.02 Å². The van der Waals surface area contributed by atoms with E-state index in [2.05, 4.69) is 32.0 Å². The van der Waals surface area contributed by atoms with Gasteiger partial charge in [0, 0.05) is 35.3 Å². The molecule has 0 atom stereocenters. The number of rotatable bonds is 7. The molecule has 2 heterocycles. The minimum Gasteiger partial charge on any atom is -0.274 e. The van der Waals surface area contributed by atoms with E-state index in [9.17, 15) is 0 Å². The van der Waals surface area contributed by atoms with E-state index in [-0.39, 0.29) is 0 Å². The second kappa shape index (κ2) is 8.41. The van der Waals surface area contributed by atoms with Crippen LogP contribution in [0.4, 0.5) is 0 Å². The van der Waals surface area contributed by atoms with Gasteiger partial charge in [-0.1, -0.05) is 53.7 Å². The van der Waals surface area contributed by atoms with Crippen molar-refractivity contribution in [1.29, 1.82) is 0 Å². The van der Waals surface area contributed by atoms with Gasteiger partial charge in [0.15, 0.2) is 5.16 Å². The summed E-state index contributed by atoms with van der Waals surface area (Å²) in [5.74, 6) is 1.77. The van der Waals surface area contributed by atoms with Crippen molar-refractivity contribution >= 4 is 23.4 Å². The van der Waals surface area contributed by atoms with Gasteiger partial charge < -0.3 is 0 Å². The third-order valence-electron chi connectivity index (χ3n) is 4.10. The molecule has 0 unspecified atom stereocenters. The Hall–Kier alpha value is -2.57. The molecule has 0 aliphatic heterocycles. The number of hydrogen-bond donors (Lipinski definition) is 0. The first-order valence-corrected chi connectivity index (χ1v) is 10.0. The van der Waals surface area contributed by atoms with Crippen LogP contribution in [0.3, 0.4) is 0 Å². The van der Waals surface area contributed by atoms with Crippen molar-refractivity contribution in [3.63, 3.8) is 0 Å². The molecule has 136 valence electrons. The zero-order valence-electron chi connectivity index (χ0n) is 14.6. The first kappa shape index (κ1) is 17.8. The maximum absolute atomic E-state index is 6.07. The van der Waals surface area contributed by atoms with Crippen LogP contribution in [0.15, 0.2) is 78.2 Å². The summed E-state index contributed by atoms with van der Waals surface area (Å²) < 4.78 is 4.03. The summed E-state index contributed by atoms with van der Waals surface area (Å²) in [6, 6.07) is 20.0. The largest absolute Gasteiger partial charge is 0.274 e. The molecule has 0 fully saturated rings. The zero-order chi connectivity index (χ0) is 18.5. The van der Waals surface area contributed by atoms with Crippen molar-refractivity contribution in [2.45, 2.75) is 18.1 Å². The van der Waals surface area contributed by atoms with Crippen LogP contribution in [-0.2, 0) is 13.0 Å². The van der Waals surface area contributed by atoms with Gasteiger partial charge in [-0.2, -0.15) is 5.10 Å². The number of aromatic nitrogens is 5. The Labute approximate surface area is 167 Å². The van der Waals surface area contributed by atoms with E-state index >= 15 is 0 Å². The number of hydrogen-bond acceptors (Lipinski definition) is 4. The molecule has 0 N–H and O–H groups in total. The van der Waals surface area contributed by atoms with Crippen molar-refractivity contribution < 1.29 is 0 Å². The van der Waals surface area contributed by atoms with Crippen molar-refractivity contribution in [3.8, 4) is 5.69 Å². The molecule has 0 saturated heterocycles. The van der Waals surface area contributed by atoms with E-state index in [1.165, 1.54) is 5.56 Å². The standard InChI is InChI=1S/C20H18ClN5S/c21-17-7-9-18(10-8-17)26-19(15-16-5-2-1-3-6-16)23-24-20(26)27-14-13-25-12-4-11-22-25/h1-12H,13-15H2. The molecule has 2 aromatic heterocycles. The molecule has 0 aliphatic rings. The average Bonchev–Trinajstić information content (AvgIpc) is 3.34. The van der Waals surface area contributed by atoms with Crippen LogP contribution in [-0.4, -0.2) is 30.3 Å². The second-order valence-electron chi connectivity index (χ2n) is 5.99. The number of thioether (sulfide) groups is 1. The van der Waals surface area contributed by atoms with Gasteiger partial charge in [-0.25, -0.2) is 0 Å².